The number of hydrogen-bond acceptors (Lipinski definition) is 3. The highest BCUT2D eigenvalue weighted by Gasteiger charge is 2.15. The van der Waals surface area contributed by atoms with Gasteiger partial charge in [0.15, 0.2) is 0 Å². The quantitative estimate of drug-likeness (QED) is 0.830. The summed E-state index contributed by atoms with van der Waals surface area (Å²) in [5.74, 6) is -0.985. The Morgan fingerprint density at radius 3 is 2.35 bits per heavy atom. The number of alkyl carbamates (subject to hydrolysis) is 1. The maximum absolute atomic E-state index is 11.5. The van der Waals surface area contributed by atoms with E-state index in [1.165, 1.54) is 6.08 Å². The number of benzene rings is 1. The van der Waals surface area contributed by atoms with Gasteiger partial charge in [-0.1, -0.05) is 24.3 Å². The molecule has 0 unspecified atom stereocenters. The average Bonchev–Trinajstić information content (AvgIpc) is 2.33. The summed E-state index contributed by atoms with van der Waals surface area (Å²) < 4.78 is 5.12. The van der Waals surface area contributed by atoms with Crippen LogP contribution in [-0.2, 0) is 16.1 Å². The van der Waals surface area contributed by atoms with Crippen molar-refractivity contribution in [3.05, 3.63) is 41.5 Å². The highest BCUT2D eigenvalue weighted by molar-refractivity contribution is 5.85. The molecule has 0 bridgehead atoms. The van der Waals surface area contributed by atoms with E-state index >= 15 is 0 Å². The molecule has 0 saturated carbocycles. The number of hydrogen-bond donors (Lipinski definition) is 2. The number of carbonyl (C=O) groups excluding carboxylic acids is 1. The van der Waals surface area contributed by atoms with Crippen molar-refractivity contribution in [2.75, 3.05) is 0 Å². The van der Waals surface area contributed by atoms with Crippen molar-refractivity contribution < 1.29 is 19.4 Å². The molecule has 0 aliphatic heterocycles. The Kier molecular flexibility index (Phi) is 5.32. The summed E-state index contributed by atoms with van der Waals surface area (Å²) in [6, 6.07) is 7.20. The van der Waals surface area contributed by atoms with Crippen LogP contribution >= 0.6 is 0 Å². The van der Waals surface area contributed by atoms with Crippen molar-refractivity contribution >= 4 is 18.1 Å². The molecule has 0 spiro atoms. The molecule has 108 valence electrons. The number of carboxylic acid groups (broad SMARTS) is 1. The summed E-state index contributed by atoms with van der Waals surface area (Å²) in [6.07, 6.45) is 2.12. The van der Waals surface area contributed by atoms with E-state index in [2.05, 4.69) is 5.32 Å². The van der Waals surface area contributed by atoms with Gasteiger partial charge >= 0.3 is 12.1 Å². The molecule has 1 rings (SSSR count). The van der Waals surface area contributed by atoms with Gasteiger partial charge in [0.05, 0.1) is 0 Å². The summed E-state index contributed by atoms with van der Waals surface area (Å²) >= 11 is 0. The molecule has 0 fully saturated rings. The molecule has 0 atom stereocenters. The number of ether oxygens (including phenoxy) is 1. The maximum atomic E-state index is 11.5. The molecule has 0 aliphatic carbocycles. The van der Waals surface area contributed by atoms with Crippen molar-refractivity contribution in [2.24, 2.45) is 0 Å². The average molecular weight is 277 g/mol. The van der Waals surface area contributed by atoms with Crippen LogP contribution in [0.3, 0.4) is 0 Å². The van der Waals surface area contributed by atoms with Gasteiger partial charge in [-0.05, 0) is 38.0 Å². The van der Waals surface area contributed by atoms with Crippen LogP contribution in [0.4, 0.5) is 4.79 Å². The fourth-order valence-electron chi connectivity index (χ4n) is 1.40. The van der Waals surface area contributed by atoms with Crippen molar-refractivity contribution in [2.45, 2.75) is 32.9 Å². The highest BCUT2D eigenvalue weighted by atomic mass is 16.6. The topological polar surface area (TPSA) is 75.6 Å². The third-order valence-corrected chi connectivity index (χ3v) is 2.23. The first-order valence-electron chi connectivity index (χ1n) is 6.23. The van der Waals surface area contributed by atoms with Gasteiger partial charge in [-0.3, -0.25) is 0 Å². The van der Waals surface area contributed by atoms with Crippen LogP contribution in [0.2, 0.25) is 0 Å². The van der Waals surface area contributed by atoms with Gasteiger partial charge in [-0.2, -0.15) is 0 Å². The van der Waals surface area contributed by atoms with Crippen molar-refractivity contribution in [3.8, 4) is 0 Å². The first kappa shape index (κ1) is 15.8. The molecule has 1 amide bonds. The molecule has 1 aromatic rings. The minimum atomic E-state index is -0.985. The fraction of sp³-hybridized carbons (Fsp3) is 0.333. The predicted octanol–water partition coefficient (Wildman–Crippen LogP) is 2.81. The van der Waals surface area contributed by atoms with E-state index in [4.69, 9.17) is 9.84 Å². The number of amides is 1. The van der Waals surface area contributed by atoms with E-state index in [0.29, 0.717) is 6.54 Å². The Balaban J connectivity index is 2.50. The molecule has 0 saturated heterocycles. The molecule has 5 nitrogen and oxygen atoms in total. The van der Waals surface area contributed by atoms with E-state index < -0.39 is 17.7 Å². The normalized spacial score (nSPS) is 11.3. The molecule has 2 N–H and O–H groups in total. The lowest BCUT2D eigenvalue weighted by molar-refractivity contribution is -0.131. The van der Waals surface area contributed by atoms with Crippen molar-refractivity contribution in [3.63, 3.8) is 0 Å². The number of carbonyl (C=O) groups is 2. The van der Waals surface area contributed by atoms with Crippen LogP contribution < -0.4 is 5.32 Å². The van der Waals surface area contributed by atoms with Crippen LogP contribution in [0.5, 0.6) is 0 Å². The maximum Gasteiger partial charge on any atom is 0.407 e. The SMILES string of the molecule is CC(C)(C)OC(=O)NCc1ccc(/C=C/C(=O)O)cc1. The van der Waals surface area contributed by atoms with E-state index in [9.17, 15) is 9.59 Å². The van der Waals surface area contributed by atoms with Gasteiger partial charge in [0.2, 0.25) is 0 Å². The van der Waals surface area contributed by atoms with Crippen LogP contribution in [0.1, 0.15) is 31.9 Å². The van der Waals surface area contributed by atoms with E-state index in [1.54, 1.807) is 32.9 Å². The Labute approximate surface area is 118 Å². The summed E-state index contributed by atoms with van der Waals surface area (Å²) in [7, 11) is 0. The second-order valence-electron chi connectivity index (χ2n) is 5.27. The van der Waals surface area contributed by atoms with Crippen LogP contribution in [-0.4, -0.2) is 22.8 Å². The lowest BCUT2D eigenvalue weighted by atomic mass is 10.1. The minimum Gasteiger partial charge on any atom is -0.478 e. The third-order valence-electron chi connectivity index (χ3n) is 2.23. The van der Waals surface area contributed by atoms with Gasteiger partial charge in [-0.15, -0.1) is 0 Å². The first-order valence-corrected chi connectivity index (χ1v) is 6.23. The Bertz CT molecular complexity index is 498. The third kappa shape index (κ3) is 6.58. The van der Waals surface area contributed by atoms with Gasteiger partial charge in [0.1, 0.15) is 5.60 Å². The van der Waals surface area contributed by atoms with Crippen LogP contribution in [0, 0.1) is 0 Å². The Morgan fingerprint density at radius 2 is 1.85 bits per heavy atom. The molecule has 0 aliphatic rings. The van der Waals surface area contributed by atoms with Crippen molar-refractivity contribution in [1.82, 2.24) is 5.32 Å². The van der Waals surface area contributed by atoms with Crippen LogP contribution in [0.25, 0.3) is 6.08 Å². The standard InChI is InChI=1S/C15H19NO4/c1-15(2,3)20-14(19)16-10-12-6-4-11(5-7-12)8-9-13(17)18/h4-9H,10H2,1-3H3,(H,16,19)(H,17,18)/b9-8+. The van der Waals surface area contributed by atoms with Gasteiger partial charge < -0.3 is 15.2 Å². The molecular formula is C15H19NO4. The lowest BCUT2D eigenvalue weighted by Gasteiger charge is -2.19. The van der Waals surface area contributed by atoms with Gasteiger partial charge in [-0.25, -0.2) is 9.59 Å². The largest absolute Gasteiger partial charge is 0.478 e. The molecule has 1 aromatic carbocycles. The monoisotopic (exact) mass is 277 g/mol. The number of rotatable bonds is 4. The summed E-state index contributed by atoms with van der Waals surface area (Å²) in [5, 5.41) is 11.2. The molecular weight excluding hydrogens is 258 g/mol. The fourth-order valence-corrected chi connectivity index (χ4v) is 1.40. The highest BCUT2D eigenvalue weighted by Crippen LogP contribution is 2.08. The number of nitrogens with one attached hydrogen (secondary N) is 1. The smallest absolute Gasteiger partial charge is 0.407 e. The molecule has 5 heteroatoms. The number of carboxylic acids is 1. The zero-order valence-electron chi connectivity index (χ0n) is 11.8. The van der Waals surface area contributed by atoms with Gasteiger partial charge in [0, 0.05) is 12.6 Å². The first-order chi connectivity index (χ1) is 9.26. The van der Waals surface area contributed by atoms with E-state index in [1.807, 2.05) is 12.1 Å². The minimum absolute atomic E-state index is 0.359. The molecule has 0 heterocycles. The van der Waals surface area contributed by atoms with Crippen LogP contribution in [0.15, 0.2) is 30.3 Å². The predicted molar refractivity (Wildman–Crippen MR) is 76.2 cm³/mol. The lowest BCUT2D eigenvalue weighted by Crippen LogP contribution is -2.32. The summed E-state index contributed by atoms with van der Waals surface area (Å²) in [4.78, 5) is 21.8. The van der Waals surface area contributed by atoms with Crippen molar-refractivity contribution in [1.29, 1.82) is 0 Å². The molecule has 0 aromatic heterocycles. The Morgan fingerprint density at radius 1 is 1.25 bits per heavy atom. The number of aliphatic carboxylic acids is 1. The van der Waals surface area contributed by atoms with E-state index in [0.717, 1.165) is 17.2 Å². The zero-order valence-corrected chi connectivity index (χ0v) is 11.8. The molecule has 0 radical (unpaired) electrons. The van der Waals surface area contributed by atoms with E-state index in [-0.39, 0.29) is 0 Å². The molecule has 20 heavy (non-hydrogen) atoms. The summed E-state index contributed by atoms with van der Waals surface area (Å²) in [6.45, 7) is 5.76. The second kappa shape index (κ2) is 6.75. The zero-order chi connectivity index (χ0) is 15.2. The van der Waals surface area contributed by atoms with Gasteiger partial charge in [0.25, 0.3) is 0 Å². The summed E-state index contributed by atoms with van der Waals surface area (Å²) in [5.41, 5.74) is 1.17. The second-order valence-corrected chi connectivity index (χ2v) is 5.27. The Hall–Kier alpha value is -2.30.